The lowest BCUT2D eigenvalue weighted by molar-refractivity contribution is 0.0231. The summed E-state index contributed by atoms with van der Waals surface area (Å²) >= 11 is 1.76. The van der Waals surface area contributed by atoms with Crippen molar-refractivity contribution in [1.82, 2.24) is 10.3 Å². The third-order valence-electron chi connectivity index (χ3n) is 2.98. The Labute approximate surface area is 114 Å². The minimum absolute atomic E-state index is 0.119. The predicted molar refractivity (Wildman–Crippen MR) is 78.5 cm³/mol. The molecule has 0 bridgehead atoms. The molecule has 5 heteroatoms. The zero-order chi connectivity index (χ0) is 13.6. The van der Waals surface area contributed by atoms with Crippen molar-refractivity contribution in [3.8, 4) is 0 Å². The number of aromatic nitrogens is 1. The topological polar surface area (TPSA) is 37.4 Å². The maximum atomic E-state index is 5.37. The van der Waals surface area contributed by atoms with Crippen LogP contribution in [0.25, 0.3) is 0 Å². The minimum Gasteiger partial charge on any atom is -0.377 e. The van der Waals surface area contributed by atoms with Crippen LogP contribution in [-0.2, 0) is 11.3 Å². The van der Waals surface area contributed by atoms with E-state index in [2.05, 4.69) is 42.9 Å². The van der Waals surface area contributed by atoms with Crippen LogP contribution in [0, 0.1) is 0 Å². The predicted octanol–water partition coefficient (Wildman–Crippen LogP) is 2.50. The maximum Gasteiger partial charge on any atom is 0.185 e. The van der Waals surface area contributed by atoms with E-state index in [-0.39, 0.29) is 5.60 Å². The van der Waals surface area contributed by atoms with E-state index in [1.165, 1.54) is 4.88 Å². The first-order chi connectivity index (χ1) is 8.52. The Bertz CT molecular complexity index is 348. The SMILES string of the molecule is CCN(CC)c1ncc(CNCC(C)(C)OC)s1. The molecule has 0 aliphatic heterocycles. The number of hydrogen-bond acceptors (Lipinski definition) is 5. The Morgan fingerprint density at radius 1 is 1.39 bits per heavy atom. The molecule has 0 aliphatic rings. The van der Waals surface area contributed by atoms with Crippen LogP contribution in [0.5, 0.6) is 0 Å². The summed E-state index contributed by atoms with van der Waals surface area (Å²) in [6, 6.07) is 0. The van der Waals surface area contributed by atoms with Crippen molar-refractivity contribution in [3.63, 3.8) is 0 Å². The lowest BCUT2D eigenvalue weighted by Crippen LogP contribution is -2.36. The second kappa shape index (κ2) is 7.07. The number of hydrogen-bond donors (Lipinski definition) is 1. The molecular weight excluding hydrogens is 246 g/mol. The fourth-order valence-electron chi connectivity index (χ4n) is 1.58. The van der Waals surface area contributed by atoms with Gasteiger partial charge in [-0.2, -0.15) is 0 Å². The number of thiazole rings is 1. The van der Waals surface area contributed by atoms with Crippen molar-refractivity contribution in [2.75, 3.05) is 31.6 Å². The van der Waals surface area contributed by atoms with Gasteiger partial charge in [-0.05, 0) is 27.7 Å². The Morgan fingerprint density at radius 2 is 2.06 bits per heavy atom. The zero-order valence-electron chi connectivity index (χ0n) is 12.1. The molecule has 0 atom stereocenters. The summed E-state index contributed by atoms with van der Waals surface area (Å²) in [4.78, 5) is 8.01. The first-order valence-electron chi connectivity index (χ1n) is 6.48. The second-order valence-electron chi connectivity index (χ2n) is 4.85. The third-order valence-corrected chi connectivity index (χ3v) is 4.04. The van der Waals surface area contributed by atoms with E-state index in [4.69, 9.17) is 4.74 Å². The molecule has 1 aromatic rings. The van der Waals surface area contributed by atoms with Crippen LogP contribution in [0.4, 0.5) is 5.13 Å². The Kier molecular flexibility index (Phi) is 6.05. The van der Waals surface area contributed by atoms with Crippen LogP contribution in [-0.4, -0.2) is 37.3 Å². The molecule has 1 aromatic heterocycles. The first-order valence-corrected chi connectivity index (χ1v) is 7.29. The molecule has 18 heavy (non-hydrogen) atoms. The van der Waals surface area contributed by atoms with E-state index in [1.54, 1.807) is 18.4 Å². The van der Waals surface area contributed by atoms with Crippen LogP contribution >= 0.6 is 11.3 Å². The minimum atomic E-state index is -0.119. The molecule has 1 N–H and O–H groups in total. The van der Waals surface area contributed by atoms with E-state index in [1.807, 2.05) is 6.20 Å². The third kappa shape index (κ3) is 4.55. The van der Waals surface area contributed by atoms with Crippen molar-refractivity contribution in [2.24, 2.45) is 0 Å². The summed E-state index contributed by atoms with van der Waals surface area (Å²) in [6.07, 6.45) is 1.96. The number of anilines is 1. The van der Waals surface area contributed by atoms with Crippen molar-refractivity contribution in [1.29, 1.82) is 0 Å². The number of rotatable bonds is 8. The molecular formula is C13H25N3OS. The highest BCUT2D eigenvalue weighted by Crippen LogP contribution is 2.22. The summed E-state index contributed by atoms with van der Waals surface area (Å²) < 4.78 is 5.37. The van der Waals surface area contributed by atoms with Crippen molar-refractivity contribution >= 4 is 16.5 Å². The van der Waals surface area contributed by atoms with E-state index in [9.17, 15) is 0 Å². The van der Waals surface area contributed by atoms with Gasteiger partial charge in [0.05, 0.1) is 5.60 Å². The van der Waals surface area contributed by atoms with Gasteiger partial charge in [-0.3, -0.25) is 0 Å². The van der Waals surface area contributed by atoms with Crippen LogP contribution in [0.15, 0.2) is 6.20 Å². The zero-order valence-corrected chi connectivity index (χ0v) is 12.9. The normalized spacial score (nSPS) is 11.8. The summed E-state index contributed by atoms with van der Waals surface area (Å²) in [5, 5.41) is 4.52. The quantitative estimate of drug-likeness (QED) is 0.788. The van der Waals surface area contributed by atoms with Crippen molar-refractivity contribution < 1.29 is 4.74 Å². The highest BCUT2D eigenvalue weighted by Gasteiger charge is 2.15. The highest BCUT2D eigenvalue weighted by atomic mass is 32.1. The van der Waals surface area contributed by atoms with E-state index >= 15 is 0 Å². The van der Waals surface area contributed by atoms with Gasteiger partial charge in [0, 0.05) is 44.4 Å². The molecule has 0 radical (unpaired) electrons. The van der Waals surface area contributed by atoms with Gasteiger partial charge in [0.15, 0.2) is 5.13 Å². The van der Waals surface area contributed by atoms with Gasteiger partial charge >= 0.3 is 0 Å². The maximum absolute atomic E-state index is 5.37. The summed E-state index contributed by atoms with van der Waals surface area (Å²) in [5.74, 6) is 0. The molecule has 0 saturated carbocycles. The number of methoxy groups -OCH3 is 1. The molecule has 1 heterocycles. The standard InChI is InChI=1S/C13H25N3OS/c1-6-16(7-2)12-15-9-11(18-12)8-14-10-13(3,4)17-5/h9,14H,6-8,10H2,1-5H3. The molecule has 0 spiro atoms. The summed E-state index contributed by atoms with van der Waals surface area (Å²) in [7, 11) is 1.74. The Hall–Kier alpha value is -0.650. The van der Waals surface area contributed by atoms with E-state index < -0.39 is 0 Å². The molecule has 0 aliphatic carbocycles. The fourth-order valence-corrected chi connectivity index (χ4v) is 2.58. The molecule has 0 unspecified atom stereocenters. The van der Waals surface area contributed by atoms with Gasteiger partial charge in [-0.25, -0.2) is 4.98 Å². The largest absolute Gasteiger partial charge is 0.377 e. The van der Waals surface area contributed by atoms with E-state index in [0.717, 1.165) is 31.3 Å². The average Bonchev–Trinajstić information content (AvgIpc) is 2.79. The van der Waals surface area contributed by atoms with Gasteiger partial charge < -0.3 is 15.0 Å². The van der Waals surface area contributed by atoms with E-state index in [0.29, 0.717) is 0 Å². The van der Waals surface area contributed by atoms with Crippen LogP contribution in [0.3, 0.4) is 0 Å². The second-order valence-corrected chi connectivity index (χ2v) is 5.94. The Balaban J connectivity index is 2.45. The van der Waals surface area contributed by atoms with Crippen LogP contribution in [0.1, 0.15) is 32.6 Å². The number of nitrogens with zero attached hydrogens (tertiary/aromatic N) is 2. The van der Waals surface area contributed by atoms with Gasteiger partial charge in [0.1, 0.15) is 0 Å². The molecule has 0 amide bonds. The van der Waals surface area contributed by atoms with Gasteiger partial charge in [0.2, 0.25) is 0 Å². The molecule has 0 fully saturated rings. The molecule has 4 nitrogen and oxygen atoms in total. The Morgan fingerprint density at radius 3 is 2.61 bits per heavy atom. The number of nitrogens with one attached hydrogen (secondary N) is 1. The van der Waals surface area contributed by atoms with Crippen molar-refractivity contribution in [2.45, 2.75) is 39.8 Å². The average molecular weight is 271 g/mol. The lowest BCUT2D eigenvalue weighted by atomic mass is 10.1. The highest BCUT2D eigenvalue weighted by molar-refractivity contribution is 7.15. The van der Waals surface area contributed by atoms with Gasteiger partial charge in [0.25, 0.3) is 0 Å². The number of ether oxygens (including phenoxy) is 1. The molecule has 0 saturated heterocycles. The smallest absolute Gasteiger partial charge is 0.185 e. The van der Waals surface area contributed by atoms with Crippen LogP contribution < -0.4 is 10.2 Å². The molecule has 0 aromatic carbocycles. The van der Waals surface area contributed by atoms with Gasteiger partial charge in [-0.1, -0.05) is 0 Å². The molecule has 1 rings (SSSR count). The molecule has 104 valence electrons. The van der Waals surface area contributed by atoms with Crippen LogP contribution in [0.2, 0.25) is 0 Å². The monoisotopic (exact) mass is 271 g/mol. The lowest BCUT2D eigenvalue weighted by Gasteiger charge is -2.22. The summed E-state index contributed by atoms with van der Waals surface area (Å²) in [5.41, 5.74) is -0.119. The first kappa shape index (κ1) is 15.4. The van der Waals surface area contributed by atoms with Crippen molar-refractivity contribution in [3.05, 3.63) is 11.1 Å². The van der Waals surface area contributed by atoms with Gasteiger partial charge in [-0.15, -0.1) is 11.3 Å². The summed E-state index contributed by atoms with van der Waals surface area (Å²) in [6.45, 7) is 12.2. The fraction of sp³-hybridized carbons (Fsp3) is 0.769.